The highest BCUT2D eigenvalue weighted by atomic mass is 79.9. The number of hydrogen-bond acceptors (Lipinski definition) is 2. The fourth-order valence-corrected chi connectivity index (χ4v) is 2.96. The maximum atomic E-state index is 14.1. The first-order valence-corrected chi connectivity index (χ1v) is 7.15. The van der Waals surface area contributed by atoms with Crippen molar-refractivity contribution in [1.82, 2.24) is 9.55 Å². The van der Waals surface area contributed by atoms with Gasteiger partial charge in [0, 0.05) is 9.50 Å². The Morgan fingerprint density at radius 1 is 1.29 bits per heavy atom. The fraction of sp³-hybridized carbons (Fsp3) is 0.0714. The van der Waals surface area contributed by atoms with Crippen LogP contribution in [0.1, 0.15) is 5.56 Å². The predicted molar refractivity (Wildman–Crippen MR) is 82.8 cm³/mol. The van der Waals surface area contributed by atoms with Crippen molar-refractivity contribution in [3.8, 4) is 5.69 Å². The SMILES string of the molecule is Cc1cc(Br)c(-n2c(N)nc3ccc(F)c(F)c32)cc1Cl. The number of hydrogen-bond donors (Lipinski definition) is 1. The highest BCUT2D eigenvalue weighted by Crippen LogP contribution is 2.33. The van der Waals surface area contributed by atoms with Crippen LogP contribution in [-0.4, -0.2) is 9.55 Å². The van der Waals surface area contributed by atoms with Gasteiger partial charge in [0.05, 0.1) is 11.2 Å². The van der Waals surface area contributed by atoms with Gasteiger partial charge in [-0.15, -0.1) is 0 Å². The van der Waals surface area contributed by atoms with Crippen molar-refractivity contribution in [3.05, 3.63) is 51.0 Å². The summed E-state index contributed by atoms with van der Waals surface area (Å²) in [6, 6.07) is 5.80. The van der Waals surface area contributed by atoms with Crippen molar-refractivity contribution < 1.29 is 8.78 Å². The quantitative estimate of drug-likeness (QED) is 0.678. The summed E-state index contributed by atoms with van der Waals surface area (Å²) >= 11 is 9.50. The average molecular weight is 373 g/mol. The topological polar surface area (TPSA) is 43.8 Å². The third kappa shape index (κ3) is 2.18. The van der Waals surface area contributed by atoms with E-state index in [-0.39, 0.29) is 17.0 Å². The molecule has 7 heteroatoms. The van der Waals surface area contributed by atoms with Crippen molar-refractivity contribution in [2.45, 2.75) is 6.92 Å². The van der Waals surface area contributed by atoms with Gasteiger partial charge in [-0.2, -0.15) is 0 Å². The molecule has 0 bridgehead atoms. The number of nitrogen functional groups attached to an aromatic ring is 1. The van der Waals surface area contributed by atoms with Crippen LogP contribution in [0.15, 0.2) is 28.7 Å². The van der Waals surface area contributed by atoms with Crippen molar-refractivity contribution in [1.29, 1.82) is 0 Å². The van der Waals surface area contributed by atoms with Crippen LogP contribution in [0.25, 0.3) is 16.7 Å². The number of rotatable bonds is 1. The van der Waals surface area contributed by atoms with Crippen LogP contribution in [0.4, 0.5) is 14.7 Å². The normalized spacial score (nSPS) is 11.3. The summed E-state index contributed by atoms with van der Waals surface area (Å²) in [5.41, 5.74) is 7.46. The van der Waals surface area contributed by atoms with Gasteiger partial charge in [-0.05, 0) is 52.7 Å². The Hall–Kier alpha value is -1.66. The molecule has 0 saturated heterocycles. The van der Waals surface area contributed by atoms with Crippen LogP contribution in [0.5, 0.6) is 0 Å². The molecule has 108 valence electrons. The monoisotopic (exact) mass is 371 g/mol. The molecule has 0 aliphatic carbocycles. The molecule has 1 heterocycles. The van der Waals surface area contributed by atoms with Crippen LogP contribution in [0, 0.1) is 18.6 Å². The van der Waals surface area contributed by atoms with Crippen molar-refractivity contribution in [2.24, 2.45) is 0 Å². The van der Waals surface area contributed by atoms with Gasteiger partial charge in [-0.25, -0.2) is 13.8 Å². The molecule has 1 aromatic heterocycles. The molecule has 3 rings (SSSR count). The van der Waals surface area contributed by atoms with E-state index in [1.807, 2.05) is 6.92 Å². The second-order valence-electron chi connectivity index (χ2n) is 4.59. The zero-order valence-corrected chi connectivity index (χ0v) is 13.1. The van der Waals surface area contributed by atoms with Crippen molar-refractivity contribution in [3.63, 3.8) is 0 Å². The van der Waals surface area contributed by atoms with E-state index in [0.29, 0.717) is 15.2 Å². The summed E-state index contributed by atoms with van der Waals surface area (Å²) in [5.74, 6) is -1.91. The van der Waals surface area contributed by atoms with Gasteiger partial charge >= 0.3 is 0 Å². The second-order valence-corrected chi connectivity index (χ2v) is 5.85. The minimum atomic E-state index is -1.000. The van der Waals surface area contributed by atoms with Crippen molar-refractivity contribution >= 4 is 44.5 Å². The number of nitrogens with zero attached hydrogens (tertiary/aromatic N) is 2. The molecular formula is C14H9BrClF2N3. The maximum absolute atomic E-state index is 14.1. The third-order valence-corrected chi connectivity index (χ3v) is 4.25. The Morgan fingerprint density at radius 2 is 2.00 bits per heavy atom. The van der Waals surface area contributed by atoms with Gasteiger partial charge in [-0.3, -0.25) is 4.57 Å². The molecule has 2 N–H and O–H groups in total. The first-order valence-electron chi connectivity index (χ1n) is 5.98. The lowest BCUT2D eigenvalue weighted by molar-refractivity contribution is 0.514. The molecule has 0 aliphatic rings. The Balaban J connectivity index is 2.43. The van der Waals surface area contributed by atoms with Crippen LogP contribution in [0.2, 0.25) is 5.02 Å². The number of halogens is 4. The summed E-state index contributed by atoms with van der Waals surface area (Å²) < 4.78 is 29.6. The van der Waals surface area contributed by atoms with Crippen LogP contribution in [-0.2, 0) is 0 Å². The molecule has 0 saturated carbocycles. The lowest BCUT2D eigenvalue weighted by atomic mass is 10.2. The zero-order valence-electron chi connectivity index (χ0n) is 10.8. The van der Waals surface area contributed by atoms with Crippen molar-refractivity contribution in [2.75, 3.05) is 5.73 Å². The molecule has 3 aromatic rings. The van der Waals surface area contributed by atoms with E-state index in [1.165, 1.54) is 10.6 Å². The fourth-order valence-electron chi connectivity index (χ4n) is 2.17. The first kappa shape index (κ1) is 14.3. The highest BCUT2D eigenvalue weighted by Gasteiger charge is 2.19. The van der Waals surface area contributed by atoms with E-state index >= 15 is 0 Å². The Bertz CT molecular complexity index is 877. The van der Waals surface area contributed by atoms with E-state index in [1.54, 1.807) is 12.1 Å². The standard InChI is InChI=1S/C14H9BrClF2N3/c1-6-4-7(15)11(5-8(6)16)21-13-10(20-14(21)19)3-2-9(17)12(13)18/h2-5H,1H3,(H2,19,20). The summed E-state index contributed by atoms with van der Waals surface area (Å²) in [5, 5.41) is 0.492. The Kier molecular flexibility index (Phi) is 3.37. The van der Waals surface area contributed by atoms with Gasteiger partial charge in [-0.1, -0.05) is 11.6 Å². The lowest BCUT2D eigenvalue weighted by Gasteiger charge is -2.11. The molecule has 0 spiro atoms. The number of benzene rings is 2. The molecule has 0 radical (unpaired) electrons. The molecular weight excluding hydrogens is 364 g/mol. The van der Waals surface area contributed by atoms with E-state index < -0.39 is 11.6 Å². The average Bonchev–Trinajstić information content (AvgIpc) is 2.75. The number of fused-ring (bicyclic) bond motifs is 1. The summed E-state index contributed by atoms with van der Waals surface area (Å²) in [4.78, 5) is 4.05. The number of aromatic nitrogens is 2. The van der Waals surface area contributed by atoms with Crippen LogP contribution < -0.4 is 5.73 Å². The van der Waals surface area contributed by atoms with E-state index in [4.69, 9.17) is 17.3 Å². The van der Waals surface area contributed by atoms with Gasteiger partial charge in [0.2, 0.25) is 5.95 Å². The second kappa shape index (κ2) is 4.96. The van der Waals surface area contributed by atoms with E-state index in [9.17, 15) is 8.78 Å². The van der Waals surface area contributed by atoms with Crippen LogP contribution >= 0.6 is 27.5 Å². The maximum Gasteiger partial charge on any atom is 0.206 e. The summed E-state index contributed by atoms with van der Waals surface area (Å²) in [6.45, 7) is 1.84. The number of aryl methyl sites for hydroxylation is 1. The number of imidazole rings is 1. The van der Waals surface area contributed by atoms with E-state index in [0.717, 1.165) is 11.6 Å². The van der Waals surface area contributed by atoms with Gasteiger partial charge < -0.3 is 5.73 Å². The minimum Gasteiger partial charge on any atom is -0.369 e. The smallest absolute Gasteiger partial charge is 0.206 e. The first-order chi connectivity index (χ1) is 9.90. The minimum absolute atomic E-state index is 0.0203. The molecule has 0 amide bonds. The summed E-state index contributed by atoms with van der Waals surface area (Å²) in [6.07, 6.45) is 0. The molecule has 21 heavy (non-hydrogen) atoms. The number of nitrogens with two attached hydrogens (primary N) is 1. The van der Waals surface area contributed by atoms with E-state index in [2.05, 4.69) is 20.9 Å². The molecule has 0 aliphatic heterocycles. The Labute approximate surface area is 132 Å². The predicted octanol–water partition coefficient (Wildman–Crippen LogP) is 4.61. The third-order valence-electron chi connectivity index (χ3n) is 3.20. The molecule has 2 aromatic carbocycles. The van der Waals surface area contributed by atoms with Gasteiger partial charge in [0.1, 0.15) is 5.52 Å². The lowest BCUT2D eigenvalue weighted by Crippen LogP contribution is -2.03. The Morgan fingerprint density at radius 3 is 2.71 bits per heavy atom. The summed E-state index contributed by atoms with van der Waals surface area (Å²) in [7, 11) is 0. The van der Waals surface area contributed by atoms with Crippen LogP contribution in [0.3, 0.4) is 0 Å². The zero-order chi connectivity index (χ0) is 15.3. The van der Waals surface area contributed by atoms with Gasteiger partial charge in [0.15, 0.2) is 11.6 Å². The highest BCUT2D eigenvalue weighted by molar-refractivity contribution is 9.10. The molecule has 0 atom stereocenters. The molecule has 3 nitrogen and oxygen atoms in total. The molecule has 0 unspecified atom stereocenters. The van der Waals surface area contributed by atoms with Gasteiger partial charge in [0.25, 0.3) is 0 Å². The number of anilines is 1. The largest absolute Gasteiger partial charge is 0.369 e. The molecule has 0 fully saturated rings.